The van der Waals surface area contributed by atoms with Gasteiger partial charge in [0, 0.05) is 24.9 Å². The number of amidine groups is 1. The van der Waals surface area contributed by atoms with E-state index in [0.29, 0.717) is 12.0 Å². The molecule has 1 heterocycles. The van der Waals surface area contributed by atoms with Gasteiger partial charge in [0.25, 0.3) is 0 Å². The Bertz CT molecular complexity index is 508. The Morgan fingerprint density at radius 2 is 1.40 bits per heavy atom. The van der Waals surface area contributed by atoms with Gasteiger partial charge in [-0.15, -0.1) is 0 Å². The molecule has 138 valence electrons. The van der Waals surface area contributed by atoms with E-state index in [9.17, 15) is 0 Å². The van der Waals surface area contributed by atoms with Crippen LogP contribution < -0.4 is 5.32 Å². The fourth-order valence-corrected chi connectivity index (χ4v) is 4.50. The van der Waals surface area contributed by atoms with Crippen molar-refractivity contribution in [1.82, 2.24) is 5.32 Å². The van der Waals surface area contributed by atoms with E-state index in [1.807, 2.05) is 0 Å². The van der Waals surface area contributed by atoms with Gasteiger partial charge in [0.15, 0.2) is 0 Å². The van der Waals surface area contributed by atoms with Crippen LogP contribution >= 0.6 is 0 Å². The molecule has 1 aromatic rings. The summed E-state index contributed by atoms with van der Waals surface area (Å²) in [5, 5.41) is 3.88. The summed E-state index contributed by atoms with van der Waals surface area (Å²) >= 11 is 0. The first kappa shape index (κ1) is 18.5. The minimum atomic E-state index is 0.580. The molecule has 1 saturated carbocycles. The smallest absolute Gasteiger partial charge is 0.0965 e. The Balaban J connectivity index is 1.59. The van der Waals surface area contributed by atoms with Gasteiger partial charge in [-0.1, -0.05) is 81.7 Å². The van der Waals surface area contributed by atoms with Crippen molar-refractivity contribution in [3.05, 3.63) is 35.9 Å². The number of nitrogens with one attached hydrogen (secondary N) is 1. The van der Waals surface area contributed by atoms with E-state index in [0.717, 1.165) is 13.0 Å². The molecule has 0 amide bonds. The van der Waals surface area contributed by atoms with E-state index in [-0.39, 0.29) is 0 Å². The van der Waals surface area contributed by atoms with Gasteiger partial charge >= 0.3 is 0 Å². The van der Waals surface area contributed by atoms with Crippen molar-refractivity contribution in [2.75, 3.05) is 6.54 Å². The van der Waals surface area contributed by atoms with Crippen molar-refractivity contribution in [2.24, 2.45) is 4.99 Å². The van der Waals surface area contributed by atoms with Gasteiger partial charge < -0.3 is 5.32 Å². The van der Waals surface area contributed by atoms with Crippen LogP contribution in [0.15, 0.2) is 35.3 Å². The van der Waals surface area contributed by atoms with Gasteiger partial charge in [-0.05, 0) is 31.2 Å². The lowest BCUT2D eigenvalue weighted by molar-refractivity contribution is 0.547. The number of hydrogen-bond donors (Lipinski definition) is 1. The molecule has 2 atom stereocenters. The fraction of sp³-hybridized carbons (Fsp3) is 0.696. The highest BCUT2D eigenvalue weighted by atomic mass is 15.0. The van der Waals surface area contributed by atoms with Gasteiger partial charge in [-0.2, -0.15) is 0 Å². The van der Waals surface area contributed by atoms with Crippen LogP contribution in [0, 0.1) is 0 Å². The van der Waals surface area contributed by atoms with Crippen LogP contribution in [0.25, 0.3) is 0 Å². The molecule has 0 bridgehead atoms. The number of hydrogen-bond acceptors (Lipinski definition) is 2. The van der Waals surface area contributed by atoms with Crippen LogP contribution in [-0.2, 0) is 0 Å². The van der Waals surface area contributed by atoms with Gasteiger partial charge in [0.05, 0.1) is 5.84 Å². The maximum absolute atomic E-state index is 4.98. The molecule has 0 radical (unpaired) electrons. The summed E-state index contributed by atoms with van der Waals surface area (Å²) < 4.78 is 0. The van der Waals surface area contributed by atoms with Gasteiger partial charge in [-0.25, -0.2) is 0 Å². The van der Waals surface area contributed by atoms with Gasteiger partial charge in [0.2, 0.25) is 0 Å². The molecule has 1 aliphatic heterocycles. The Morgan fingerprint density at radius 3 is 2.16 bits per heavy atom. The summed E-state index contributed by atoms with van der Waals surface area (Å²) in [4.78, 5) is 4.98. The van der Waals surface area contributed by atoms with Crippen molar-refractivity contribution in [2.45, 2.75) is 95.4 Å². The molecule has 0 spiro atoms. The molecule has 1 aromatic carbocycles. The second kappa shape index (κ2) is 10.6. The number of benzene rings is 1. The molecule has 0 saturated heterocycles. The molecule has 1 fully saturated rings. The molecule has 3 rings (SSSR count). The lowest BCUT2D eigenvalue weighted by Crippen LogP contribution is -2.36. The molecular weight excluding hydrogens is 304 g/mol. The number of aliphatic imine (C=N–C) groups is 1. The van der Waals surface area contributed by atoms with Crippen molar-refractivity contribution < 1.29 is 0 Å². The largest absolute Gasteiger partial charge is 0.370 e. The third-order valence-corrected chi connectivity index (χ3v) is 5.97. The second-order valence-corrected chi connectivity index (χ2v) is 7.96. The molecule has 1 aliphatic carbocycles. The van der Waals surface area contributed by atoms with Crippen molar-refractivity contribution in [3.63, 3.8) is 0 Å². The molecule has 1 N–H and O–H groups in total. The van der Waals surface area contributed by atoms with E-state index in [2.05, 4.69) is 35.6 Å². The van der Waals surface area contributed by atoms with Crippen LogP contribution in [0.1, 0.15) is 95.0 Å². The Morgan fingerprint density at radius 1 is 0.720 bits per heavy atom. The minimum Gasteiger partial charge on any atom is -0.370 e. The summed E-state index contributed by atoms with van der Waals surface area (Å²) in [6, 6.07) is 11.7. The van der Waals surface area contributed by atoms with Crippen molar-refractivity contribution in [1.29, 1.82) is 0 Å². The third-order valence-electron chi connectivity index (χ3n) is 5.97. The zero-order valence-corrected chi connectivity index (χ0v) is 15.9. The predicted molar refractivity (Wildman–Crippen MR) is 108 cm³/mol. The van der Waals surface area contributed by atoms with Gasteiger partial charge in [0.1, 0.15) is 0 Å². The van der Waals surface area contributed by atoms with E-state index >= 15 is 0 Å². The topological polar surface area (TPSA) is 24.4 Å². The van der Waals surface area contributed by atoms with Crippen LogP contribution in [0.2, 0.25) is 0 Å². The van der Waals surface area contributed by atoms with E-state index < -0.39 is 0 Å². The summed E-state index contributed by atoms with van der Waals surface area (Å²) in [7, 11) is 0. The van der Waals surface area contributed by atoms with E-state index in [4.69, 9.17) is 4.99 Å². The molecule has 2 nitrogen and oxygen atoms in total. The third kappa shape index (κ3) is 6.17. The van der Waals surface area contributed by atoms with Gasteiger partial charge in [-0.3, -0.25) is 4.99 Å². The Hall–Kier alpha value is -1.31. The molecule has 0 unspecified atom stereocenters. The van der Waals surface area contributed by atoms with Crippen LogP contribution in [0.4, 0.5) is 0 Å². The molecule has 2 aliphatic rings. The first-order valence-corrected chi connectivity index (χ1v) is 10.8. The van der Waals surface area contributed by atoms with Crippen LogP contribution in [0.3, 0.4) is 0 Å². The zero-order chi connectivity index (χ0) is 17.2. The zero-order valence-electron chi connectivity index (χ0n) is 15.9. The number of rotatable bonds is 2. The molecule has 25 heavy (non-hydrogen) atoms. The van der Waals surface area contributed by atoms with Crippen molar-refractivity contribution >= 4 is 5.84 Å². The average Bonchev–Trinajstić information content (AvgIpc) is 3.11. The Labute approximate surface area is 154 Å². The van der Waals surface area contributed by atoms with E-state index in [1.54, 1.807) is 0 Å². The normalized spacial score (nSPS) is 26.8. The highest BCUT2D eigenvalue weighted by molar-refractivity contribution is 5.82. The predicted octanol–water partition coefficient (Wildman–Crippen LogP) is 6.23. The highest BCUT2D eigenvalue weighted by Gasteiger charge is 2.28. The standard InChI is InChI=1S/C23H36N2/c1-2-4-6-11-18-23(24-19-12-7-5-3-1)25-22-17-13-16-21(22)20-14-9-8-10-15-20/h8-10,14-15,21-22H,1-7,11-13,16-19H2,(H,24,25)/t21-,22-/m0/s1. The molecule has 0 aromatic heterocycles. The minimum absolute atomic E-state index is 0.580. The maximum Gasteiger partial charge on any atom is 0.0965 e. The summed E-state index contributed by atoms with van der Waals surface area (Å²) in [6.07, 6.45) is 17.5. The highest BCUT2D eigenvalue weighted by Crippen LogP contribution is 2.34. The second-order valence-electron chi connectivity index (χ2n) is 7.96. The maximum atomic E-state index is 4.98. The first-order valence-electron chi connectivity index (χ1n) is 10.8. The molecule has 2 heteroatoms. The lowest BCUT2D eigenvalue weighted by Gasteiger charge is -2.23. The monoisotopic (exact) mass is 340 g/mol. The summed E-state index contributed by atoms with van der Waals surface area (Å²) in [6.45, 7) is 1.02. The average molecular weight is 341 g/mol. The van der Waals surface area contributed by atoms with E-state index in [1.165, 1.54) is 88.4 Å². The van der Waals surface area contributed by atoms with Crippen LogP contribution in [-0.4, -0.2) is 18.4 Å². The first-order chi connectivity index (χ1) is 12.4. The Kier molecular flexibility index (Phi) is 7.86. The lowest BCUT2D eigenvalue weighted by atomic mass is 9.94. The number of nitrogens with zero attached hydrogens (tertiary/aromatic N) is 1. The summed E-state index contributed by atoms with van der Waals surface area (Å²) in [5.41, 5.74) is 1.50. The van der Waals surface area contributed by atoms with Crippen LogP contribution in [0.5, 0.6) is 0 Å². The molecular formula is C23H36N2. The fourth-order valence-electron chi connectivity index (χ4n) is 4.50. The SMILES string of the molecule is c1ccc([C@@H]2CCC[C@@H]2NC2=NCCCCCCCCCCC2)cc1. The summed E-state index contributed by atoms with van der Waals surface area (Å²) in [5.74, 6) is 1.96. The van der Waals surface area contributed by atoms with Crippen molar-refractivity contribution in [3.8, 4) is 0 Å². The quantitative estimate of drug-likeness (QED) is 0.678.